The highest BCUT2D eigenvalue weighted by Crippen LogP contribution is 2.66. The molecular weight excluding hydrogens is 280 g/mol. The lowest BCUT2D eigenvalue weighted by Gasteiger charge is -2.38. The molecule has 0 radical (unpaired) electrons. The van der Waals surface area contributed by atoms with Crippen LogP contribution in [0.25, 0.3) is 0 Å². The van der Waals surface area contributed by atoms with Gasteiger partial charge >= 0.3 is 5.97 Å². The van der Waals surface area contributed by atoms with E-state index >= 15 is 0 Å². The smallest absolute Gasteiger partial charge is 0.339 e. The summed E-state index contributed by atoms with van der Waals surface area (Å²) >= 11 is 0. The number of aromatic carboxylic acids is 1. The van der Waals surface area contributed by atoms with E-state index in [1.165, 1.54) is 18.6 Å². The number of esters is 1. The third kappa shape index (κ3) is 1.97. The number of carboxylic acid groups (broad SMARTS) is 1. The number of hydrogen-bond donors (Lipinski definition) is 0. The quantitative estimate of drug-likeness (QED) is 0.804. The Labute approximate surface area is 130 Å². The van der Waals surface area contributed by atoms with Gasteiger partial charge in [0.15, 0.2) is 0 Å². The number of carboxylic acids is 1. The second-order valence-electron chi connectivity index (χ2n) is 7.34. The molecule has 2 aliphatic rings. The molecule has 2 aliphatic carbocycles. The normalized spacial score (nSPS) is 32.0. The Morgan fingerprint density at radius 2 is 1.82 bits per heavy atom. The van der Waals surface area contributed by atoms with E-state index in [4.69, 9.17) is 4.74 Å². The average Bonchev–Trinajstić information content (AvgIpc) is 2.80. The average molecular weight is 301 g/mol. The third-order valence-corrected chi connectivity index (χ3v) is 6.33. The van der Waals surface area contributed by atoms with Gasteiger partial charge in [-0.25, -0.2) is 4.79 Å². The largest absolute Gasteiger partial charge is 0.545 e. The minimum absolute atomic E-state index is 0.0380. The van der Waals surface area contributed by atoms with Crippen LogP contribution in [0.3, 0.4) is 0 Å². The predicted octanol–water partition coefficient (Wildman–Crippen LogP) is 2.42. The highest BCUT2D eigenvalue weighted by atomic mass is 16.5. The first kappa shape index (κ1) is 15.1. The molecule has 0 unspecified atom stereocenters. The van der Waals surface area contributed by atoms with Gasteiger partial charge in [0.1, 0.15) is 6.10 Å². The van der Waals surface area contributed by atoms with Crippen LogP contribution < -0.4 is 5.11 Å². The molecule has 1 aromatic rings. The maximum atomic E-state index is 12.4. The summed E-state index contributed by atoms with van der Waals surface area (Å²) in [6.45, 7) is 6.67. The molecule has 2 saturated carbocycles. The van der Waals surface area contributed by atoms with Crippen LogP contribution in [0.2, 0.25) is 0 Å². The van der Waals surface area contributed by atoms with Crippen LogP contribution in [0, 0.1) is 16.7 Å². The Morgan fingerprint density at radius 1 is 1.18 bits per heavy atom. The van der Waals surface area contributed by atoms with Crippen LogP contribution in [0.5, 0.6) is 0 Å². The summed E-state index contributed by atoms with van der Waals surface area (Å²) < 4.78 is 5.73. The number of ether oxygens (including phenoxy) is 1. The van der Waals surface area contributed by atoms with Gasteiger partial charge in [-0.3, -0.25) is 0 Å². The molecule has 0 aromatic heterocycles. The van der Waals surface area contributed by atoms with Crippen molar-refractivity contribution >= 4 is 11.9 Å². The summed E-state index contributed by atoms with van der Waals surface area (Å²) in [5, 5.41) is 11.1. The molecular formula is C18H21O4-. The zero-order valence-electron chi connectivity index (χ0n) is 13.2. The van der Waals surface area contributed by atoms with Gasteiger partial charge in [-0.05, 0) is 36.7 Å². The molecule has 0 N–H and O–H groups in total. The van der Waals surface area contributed by atoms with E-state index in [-0.39, 0.29) is 28.1 Å². The Balaban J connectivity index is 1.84. The van der Waals surface area contributed by atoms with Gasteiger partial charge < -0.3 is 14.6 Å². The number of fused-ring (bicyclic) bond motifs is 2. The van der Waals surface area contributed by atoms with Crippen molar-refractivity contribution in [2.75, 3.05) is 0 Å². The fraction of sp³-hybridized carbons (Fsp3) is 0.556. The second kappa shape index (κ2) is 4.83. The molecule has 2 fully saturated rings. The molecule has 3 rings (SSSR count). The minimum Gasteiger partial charge on any atom is -0.545 e. The molecule has 0 aliphatic heterocycles. The molecule has 4 nitrogen and oxygen atoms in total. The summed E-state index contributed by atoms with van der Waals surface area (Å²) in [6, 6.07) is 6.06. The van der Waals surface area contributed by atoms with Crippen LogP contribution in [0.15, 0.2) is 24.3 Å². The van der Waals surface area contributed by atoms with Gasteiger partial charge in [0.25, 0.3) is 0 Å². The van der Waals surface area contributed by atoms with Crippen LogP contribution in [-0.4, -0.2) is 18.0 Å². The molecule has 2 bridgehead atoms. The van der Waals surface area contributed by atoms with E-state index in [1.807, 2.05) is 0 Å². The van der Waals surface area contributed by atoms with Gasteiger partial charge in [-0.1, -0.05) is 39.0 Å². The fourth-order valence-electron chi connectivity index (χ4n) is 4.34. The van der Waals surface area contributed by atoms with Crippen LogP contribution in [0.1, 0.15) is 60.7 Å². The monoisotopic (exact) mass is 301 g/mol. The van der Waals surface area contributed by atoms with Crippen molar-refractivity contribution in [1.29, 1.82) is 0 Å². The van der Waals surface area contributed by atoms with Crippen molar-refractivity contribution in [3.05, 3.63) is 35.4 Å². The van der Waals surface area contributed by atoms with Crippen molar-refractivity contribution in [3.63, 3.8) is 0 Å². The van der Waals surface area contributed by atoms with Crippen molar-refractivity contribution in [1.82, 2.24) is 0 Å². The Morgan fingerprint density at radius 3 is 2.32 bits per heavy atom. The zero-order chi connectivity index (χ0) is 16.1. The molecule has 4 heteroatoms. The lowest BCUT2D eigenvalue weighted by Crippen LogP contribution is -2.38. The van der Waals surface area contributed by atoms with Gasteiger partial charge in [0.05, 0.1) is 11.5 Å². The summed E-state index contributed by atoms with van der Waals surface area (Å²) in [5.41, 5.74) is 0.0713. The predicted molar refractivity (Wildman–Crippen MR) is 79.2 cm³/mol. The summed E-state index contributed by atoms with van der Waals surface area (Å²) in [5.74, 6) is -1.35. The van der Waals surface area contributed by atoms with E-state index in [2.05, 4.69) is 20.8 Å². The first-order chi connectivity index (χ1) is 10.3. The molecule has 0 spiro atoms. The van der Waals surface area contributed by atoms with Crippen molar-refractivity contribution in [2.45, 2.75) is 46.1 Å². The van der Waals surface area contributed by atoms with E-state index in [0.29, 0.717) is 5.92 Å². The van der Waals surface area contributed by atoms with Crippen molar-refractivity contribution < 1.29 is 19.4 Å². The molecule has 118 valence electrons. The summed E-state index contributed by atoms with van der Waals surface area (Å²) in [6.07, 6.45) is 2.93. The van der Waals surface area contributed by atoms with Crippen LogP contribution >= 0.6 is 0 Å². The SMILES string of the molecule is CC1(C)[C@@H]2CC[C@]1(C)[C@H](OC(=O)c1ccccc1C(=O)[O-])C2. The topological polar surface area (TPSA) is 66.4 Å². The molecule has 0 amide bonds. The first-order valence-corrected chi connectivity index (χ1v) is 7.79. The standard InChI is InChI=1S/C18H22O4/c1-17(2)11-8-9-18(17,3)14(10-11)22-16(21)13-7-5-4-6-12(13)15(19)20/h4-7,11,14H,8-10H2,1-3H3,(H,19,20)/p-1/t11-,14-,18-/m1/s1. The Hall–Kier alpha value is -1.84. The lowest BCUT2D eigenvalue weighted by atomic mass is 9.70. The number of carbonyl (C=O) groups excluding carboxylic acids is 2. The van der Waals surface area contributed by atoms with Crippen molar-refractivity contribution in [3.8, 4) is 0 Å². The van der Waals surface area contributed by atoms with E-state index < -0.39 is 11.9 Å². The fourth-order valence-corrected chi connectivity index (χ4v) is 4.34. The lowest BCUT2D eigenvalue weighted by molar-refractivity contribution is -0.255. The van der Waals surface area contributed by atoms with Gasteiger partial charge in [-0.2, -0.15) is 0 Å². The molecule has 0 heterocycles. The maximum Gasteiger partial charge on any atom is 0.339 e. The molecule has 1 aromatic carbocycles. The van der Waals surface area contributed by atoms with Crippen molar-refractivity contribution in [2.24, 2.45) is 16.7 Å². The minimum atomic E-state index is -1.35. The highest BCUT2D eigenvalue weighted by Gasteiger charge is 2.62. The maximum absolute atomic E-state index is 12.4. The first-order valence-electron chi connectivity index (χ1n) is 7.79. The number of hydrogen-bond acceptors (Lipinski definition) is 4. The summed E-state index contributed by atoms with van der Waals surface area (Å²) in [4.78, 5) is 23.6. The second-order valence-corrected chi connectivity index (χ2v) is 7.34. The number of carbonyl (C=O) groups is 2. The number of rotatable bonds is 3. The molecule has 22 heavy (non-hydrogen) atoms. The van der Waals surface area contributed by atoms with Crippen LogP contribution in [0.4, 0.5) is 0 Å². The van der Waals surface area contributed by atoms with Gasteiger partial charge in [0, 0.05) is 11.0 Å². The molecule has 3 atom stereocenters. The van der Waals surface area contributed by atoms with Crippen LogP contribution in [-0.2, 0) is 4.74 Å². The van der Waals surface area contributed by atoms with Gasteiger partial charge in [0.2, 0.25) is 0 Å². The third-order valence-electron chi connectivity index (χ3n) is 6.33. The van der Waals surface area contributed by atoms with E-state index in [9.17, 15) is 14.7 Å². The number of benzene rings is 1. The Kier molecular flexibility index (Phi) is 3.31. The Bertz CT molecular complexity index is 634. The van der Waals surface area contributed by atoms with E-state index in [1.54, 1.807) is 12.1 Å². The van der Waals surface area contributed by atoms with Gasteiger partial charge in [-0.15, -0.1) is 0 Å². The molecule has 0 saturated heterocycles. The highest BCUT2D eigenvalue weighted by molar-refractivity contribution is 6.01. The van der Waals surface area contributed by atoms with E-state index in [0.717, 1.165) is 12.8 Å². The zero-order valence-corrected chi connectivity index (χ0v) is 13.2. The summed E-state index contributed by atoms with van der Waals surface area (Å²) in [7, 11) is 0.